The number of hydrogen-bond donors (Lipinski definition) is 3. The topological polar surface area (TPSA) is 52.5 Å². The summed E-state index contributed by atoms with van der Waals surface area (Å²) >= 11 is 0. The van der Waals surface area contributed by atoms with Crippen LogP contribution in [0, 0.1) is 11.7 Å². The molecular formula is C13H20FNO2. The second-order valence-electron chi connectivity index (χ2n) is 4.45. The zero-order valence-corrected chi connectivity index (χ0v) is 10.3. The van der Waals surface area contributed by atoms with E-state index in [0.717, 1.165) is 13.0 Å². The molecule has 0 aliphatic carbocycles. The Labute approximate surface area is 101 Å². The van der Waals surface area contributed by atoms with Crippen LogP contribution in [0.2, 0.25) is 0 Å². The molecule has 0 aromatic heterocycles. The van der Waals surface area contributed by atoms with Crippen molar-refractivity contribution in [1.29, 1.82) is 0 Å². The highest BCUT2D eigenvalue weighted by molar-refractivity contribution is 5.34. The third-order valence-electron chi connectivity index (χ3n) is 2.85. The van der Waals surface area contributed by atoms with Gasteiger partial charge in [-0.1, -0.05) is 6.92 Å². The number of aromatic hydroxyl groups is 1. The van der Waals surface area contributed by atoms with Crippen LogP contribution in [0.15, 0.2) is 18.2 Å². The standard InChI is InChI=1S/C13H20FNO2/c1-9(5-6-16)8-15-10(2)12-7-11(14)3-4-13(12)17/h3-4,7,9-10,15-17H,5-6,8H2,1-2H3. The van der Waals surface area contributed by atoms with Crippen molar-refractivity contribution in [2.45, 2.75) is 26.3 Å². The SMILES string of the molecule is CC(CCO)CNC(C)c1cc(F)ccc1O. The number of hydrogen-bond acceptors (Lipinski definition) is 3. The monoisotopic (exact) mass is 241 g/mol. The quantitative estimate of drug-likeness (QED) is 0.715. The molecule has 17 heavy (non-hydrogen) atoms. The van der Waals surface area contributed by atoms with Crippen molar-refractivity contribution in [2.75, 3.05) is 13.2 Å². The summed E-state index contributed by atoms with van der Waals surface area (Å²) in [7, 11) is 0. The molecular weight excluding hydrogens is 221 g/mol. The summed E-state index contributed by atoms with van der Waals surface area (Å²) < 4.78 is 13.1. The first-order valence-corrected chi connectivity index (χ1v) is 5.87. The lowest BCUT2D eigenvalue weighted by Crippen LogP contribution is -2.25. The van der Waals surface area contributed by atoms with Crippen LogP contribution in [0.25, 0.3) is 0 Å². The molecule has 0 saturated carbocycles. The lowest BCUT2D eigenvalue weighted by molar-refractivity contribution is 0.258. The minimum atomic E-state index is -0.352. The van der Waals surface area contributed by atoms with E-state index in [4.69, 9.17) is 5.11 Å². The Hall–Kier alpha value is -1.13. The third kappa shape index (κ3) is 4.32. The number of halogens is 1. The summed E-state index contributed by atoms with van der Waals surface area (Å²) in [6.07, 6.45) is 0.731. The first kappa shape index (κ1) is 13.9. The van der Waals surface area contributed by atoms with Gasteiger partial charge in [0.05, 0.1) is 0 Å². The van der Waals surface area contributed by atoms with Gasteiger partial charge >= 0.3 is 0 Å². The molecule has 1 aromatic carbocycles. The fourth-order valence-corrected chi connectivity index (χ4v) is 1.68. The van der Waals surface area contributed by atoms with Gasteiger partial charge in [0.2, 0.25) is 0 Å². The second kappa shape index (κ2) is 6.57. The maximum absolute atomic E-state index is 13.1. The van der Waals surface area contributed by atoms with Crippen LogP contribution >= 0.6 is 0 Å². The van der Waals surface area contributed by atoms with Gasteiger partial charge in [0.25, 0.3) is 0 Å². The van der Waals surface area contributed by atoms with E-state index in [2.05, 4.69) is 5.32 Å². The van der Waals surface area contributed by atoms with E-state index in [1.807, 2.05) is 13.8 Å². The normalized spacial score (nSPS) is 14.6. The fraction of sp³-hybridized carbons (Fsp3) is 0.538. The number of aliphatic hydroxyl groups is 1. The molecule has 0 aliphatic heterocycles. The Morgan fingerprint density at radius 1 is 1.35 bits per heavy atom. The number of aliphatic hydroxyl groups excluding tert-OH is 1. The summed E-state index contributed by atoms with van der Waals surface area (Å²) in [6, 6.07) is 3.82. The largest absolute Gasteiger partial charge is 0.508 e. The molecule has 2 atom stereocenters. The van der Waals surface area contributed by atoms with Crippen molar-refractivity contribution in [3.05, 3.63) is 29.6 Å². The first-order valence-electron chi connectivity index (χ1n) is 5.87. The fourth-order valence-electron chi connectivity index (χ4n) is 1.68. The van der Waals surface area contributed by atoms with E-state index < -0.39 is 0 Å². The highest BCUT2D eigenvalue weighted by atomic mass is 19.1. The van der Waals surface area contributed by atoms with Gasteiger partial charge in [0, 0.05) is 18.2 Å². The van der Waals surface area contributed by atoms with Crippen LogP contribution < -0.4 is 5.32 Å². The Morgan fingerprint density at radius 3 is 2.71 bits per heavy atom. The van der Waals surface area contributed by atoms with E-state index in [0.29, 0.717) is 11.5 Å². The summed E-state index contributed by atoms with van der Waals surface area (Å²) in [5, 5.41) is 21.6. The molecule has 0 aliphatic rings. The Bertz CT molecular complexity index is 357. The van der Waals surface area contributed by atoms with E-state index in [-0.39, 0.29) is 24.2 Å². The summed E-state index contributed by atoms with van der Waals surface area (Å²) in [4.78, 5) is 0. The molecule has 0 heterocycles. The molecule has 3 nitrogen and oxygen atoms in total. The predicted molar refractivity (Wildman–Crippen MR) is 65.3 cm³/mol. The predicted octanol–water partition coefficient (Wildman–Crippen LogP) is 2.20. The van der Waals surface area contributed by atoms with Crippen molar-refractivity contribution in [1.82, 2.24) is 5.32 Å². The van der Waals surface area contributed by atoms with Crippen molar-refractivity contribution < 1.29 is 14.6 Å². The highest BCUT2D eigenvalue weighted by Crippen LogP contribution is 2.24. The molecule has 0 spiro atoms. The summed E-state index contributed by atoms with van der Waals surface area (Å²) in [5.41, 5.74) is 0.557. The number of benzene rings is 1. The summed E-state index contributed by atoms with van der Waals surface area (Å²) in [6.45, 7) is 4.79. The van der Waals surface area contributed by atoms with Crippen molar-refractivity contribution >= 4 is 0 Å². The zero-order chi connectivity index (χ0) is 12.8. The number of phenols is 1. The van der Waals surface area contributed by atoms with E-state index in [9.17, 15) is 9.50 Å². The van der Waals surface area contributed by atoms with Gasteiger partial charge in [-0.05, 0) is 44.0 Å². The van der Waals surface area contributed by atoms with Gasteiger partial charge in [-0.25, -0.2) is 4.39 Å². The Kier molecular flexibility index (Phi) is 5.38. The number of phenolic OH excluding ortho intramolecular Hbond substituents is 1. The number of nitrogens with one attached hydrogen (secondary N) is 1. The molecule has 0 radical (unpaired) electrons. The zero-order valence-electron chi connectivity index (χ0n) is 10.3. The van der Waals surface area contributed by atoms with Crippen LogP contribution in [-0.2, 0) is 0 Å². The Balaban J connectivity index is 2.57. The van der Waals surface area contributed by atoms with Crippen molar-refractivity contribution in [3.8, 4) is 5.75 Å². The number of rotatable bonds is 6. The molecule has 1 rings (SSSR count). The molecule has 0 bridgehead atoms. The molecule has 0 saturated heterocycles. The third-order valence-corrected chi connectivity index (χ3v) is 2.85. The van der Waals surface area contributed by atoms with Gasteiger partial charge in [-0.2, -0.15) is 0 Å². The maximum atomic E-state index is 13.1. The van der Waals surface area contributed by atoms with Gasteiger partial charge in [-0.15, -0.1) is 0 Å². The van der Waals surface area contributed by atoms with Crippen LogP contribution in [0.4, 0.5) is 4.39 Å². The van der Waals surface area contributed by atoms with Crippen LogP contribution in [0.5, 0.6) is 5.75 Å². The minimum absolute atomic E-state index is 0.0983. The molecule has 1 aromatic rings. The van der Waals surface area contributed by atoms with E-state index >= 15 is 0 Å². The van der Waals surface area contributed by atoms with Crippen LogP contribution in [-0.4, -0.2) is 23.4 Å². The maximum Gasteiger partial charge on any atom is 0.123 e. The Morgan fingerprint density at radius 2 is 2.06 bits per heavy atom. The minimum Gasteiger partial charge on any atom is -0.508 e. The first-order chi connectivity index (χ1) is 8.04. The average Bonchev–Trinajstić information content (AvgIpc) is 2.29. The lowest BCUT2D eigenvalue weighted by atomic mass is 10.0. The van der Waals surface area contributed by atoms with Gasteiger partial charge in [0.1, 0.15) is 11.6 Å². The second-order valence-corrected chi connectivity index (χ2v) is 4.45. The van der Waals surface area contributed by atoms with Gasteiger partial charge in [-0.3, -0.25) is 0 Å². The molecule has 0 fully saturated rings. The smallest absolute Gasteiger partial charge is 0.123 e. The molecule has 96 valence electrons. The van der Waals surface area contributed by atoms with Crippen molar-refractivity contribution in [3.63, 3.8) is 0 Å². The average molecular weight is 241 g/mol. The molecule has 4 heteroatoms. The summed E-state index contributed by atoms with van der Waals surface area (Å²) in [5.74, 6) is 0.0919. The molecule has 2 unspecified atom stereocenters. The van der Waals surface area contributed by atoms with Crippen LogP contribution in [0.1, 0.15) is 31.9 Å². The van der Waals surface area contributed by atoms with E-state index in [1.165, 1.54) is 18.2 Å². The van der Waals surface area contributed by atoms with Gasteiger partial charge < -0.3 is 15.5 Å². The molecule has 0 amide bonds. The van der Waals surface area contributed by atoms with Crippen LogP contribution in [0.3, 0.4) is 0 Å². The lowest BCUT2D eigenvalue weighted by Gasteiger charge is -2.18. The van der Waals surface area contributed by atoms with Gasteiger partial charge in [0.15, 0.2) is 0 Å². The molecule has 3 N–H and O–H groups in total. The van der Waals surface area contributed by atoms with E-state index in [1.54, 1.807) is 0 Å². The van der Waals surface area contributed by atoms with Crippen molar-refractivity contribution in [2.24, 2.45) is 5.92 Å². The highest BCUT2D eigenvalue weighted by Gasteiger charge is 2.12.